The number of nitrogens with one attached hydrogen (secondary N) is 2. The average Bonchev–Trinajstić information content (AvgIpc) is 2.87. The molecule has 1 aromatic carbocycles. The fourth-order valence-electron chi connectivity index (χ4n) is 2.17. The average molecular weight is 395 g/mol. The second kappa shape index (κ2) is 8.08. The zero-order valence-corrected chi connectivity index (χ0v) is 16.2. The zero-order chi connectivity index (χ0) is 20.2. The van der Waals surface area contributed by atoms with Gasteiger partial charge < -0.3 is 9.64 Å². The molecule has 2 N–H and O–H groups in total. The maximum atomic E-state index is 12.3. The van der Waals surface area contributed by atoms with Gasteiger partial charge >= 0.3 is 6.09 Å². The minimum Gasteiger partial charge on any atom is -0.444 e. The van der Waals surface area contributed by atoms with E-state index < -0.39 is 22.0 Å². The van der Waals surface area contributed by atoms with Gasteiger partial charge in [0, 0.05) is 21.1 Å². The number of benzene rings is 1. The zero-order valence-electron chi connectivity index (χ0n) is 15.4. The molecule has 0 aliphatic carbocycles. The van der Waals surface area contributed by atoms with E-state index in [9.17, 15) is 18.0 Å². The molecule has 0 fully saturated rings. The van der Waals surface area contributed by atoms with Crippen LogP contribution >= 0.6 is 0 Å². The summed E-state index contributed by atoms with van der Waals surface area (Å²) in [7, 11) is 0.745. The highest BCUT2D eigenvalue weighted by Gasteiger charge is 2.26. The Hall–Kier alpha value is -3.08. The molecule has 1 heterocycles. The molecule has 0 atom stereocenters. The summed E-state index contributed by atoms with van der Waals surface area (Å²) in [4.78, 5) is 25.6. The van der Waals surface area contributed by atoms with Gasteiger partial charge in [0.1, 0.15) is 12.3 Å². The molecule has 0 unspecified atom stereocenters. The maximum absolute atomic E-state index is 12.3. The van der Waals surface area contributed by atoms with Gasteiger partial charge in [-0.15, -0.1) is 0 Å². The number of sulfonamides is 1. The van der Waals surface area contributed by atoms with Gasteiger partial charge in [-0.05, 0) is 5.56 Å². The SMILES string of the molecule is CN(C)C(=O)c1nn(C)c(NC(=O)OCc2ccccc2)c1NS(C)(=O)=O. The molecule has 2 aromatic rings. The van der Waals surface area contributed by atoms with Gasteiger partial charge in [0.2, 0.25) is 10.0 Å². The Morgan fingerprint density at radius 1 is 1.22 bits per heavy atom. The van der Waals surface area contributed by atoms with Crippen LogP contribution in [-0.2, 0) is 28.4 Å². The molecule has 146 valence electrons. The summed E-state index contributed by atoms with van der Waals surface area (Å²) >= 11 is 0. The summed E-state index contributed by atoms with van der Waals surface area (Å²) in [6.07, 6.45) is 0.115. The van der Waals surface area contributed by atoms with Crippen molar-refractivity contribution in [2.24, 2.45) is 7.05 Å². The maximum Gasteiger partial charge on any atom is 0.413 e. The van der Waals surface area contributed by atoms with Gasteiger partial charge in [0.15, 0.2) is 11.5 Å². The van der Waals surface area contributed by atoms with Crippen LogP contribution in [0.2, 0.25) is 0 Å². The van der Waals surface area contributed by atoms with Gasteiger partial charge in [-0.2, -0.15) is 5.10 Å². The first-order valence-corrected chi connectivity index (χ1v) is 9.71. The van der Waals surface area contributed by atoms with E-state index in [2.05, 4.69) is 15.1 Å². The van der Waals surface area contributed by atoms with Crippen molar-refractivity contribution in [3.63, 3.8) is 0 Å². The molecule has 0 aliphatic heterocycles. The first kappa shape index (κ1) is 20.2. The number of rotatable bonds is 6. The number of carbonyl (C=O) groups is 2. The Balaban J connectivity index is 2.26. The Bertz CT molecular complexity index is 938. The fourth-order valence-corrected chi connectivity index (χ4v) is 2.73. The van der Waals surface area contributed by atoms with E-state index in [1.165, 1.54) is 30.7 Å². The number of hydrogen-bond donors (Lipinski definition) is 2. The minimum atomic E-state index is -3.73. The topological polar surface area (TPSA) is 123 Å². The summed E-state index contributed by atoms with van der Waals surface area (Å²) in [5, 5.41) is 6.44. The molecule has 1 aromatic heterocycles. The lowest BCUT2D eigenvalue weighted by atomic mass is 10.2. The third-order valence-corrected chi connectivity index (χ3v) is 3.95. The molecule has 2 amide bonds. The highest BCUT2D eigenvalue weighted by Crippen LogP contribution is 2.27. The van der Waals surface area contributed by atoms with Crippen LogP contribution in [-0.4, -0.2) is 55.4 Å². The molecule has 2 rings (SSSR count). The molecular weight excluding hydrogens is 374 g/mol. The van der Waals surface area contributed by atoms with E-state index in [1.807, 2.05) is 18.2 Å². The number of amides is 2. The quantitative estimate of drug-likeness (QED) is 0.759. The van der Waals surface area contributed by atoms with Crippen molar-refractivity contribution in [3.05, 3.63) is 41.6 Å². The lowest BCUT2D eigenvalue weighted by molar-refractivity contribution is 0.0822. The summed E-state index contributed by atoms with van der Waals surface area (Å²) in [5.41, 5.74) is 0.511. The number of ether oxygens (including phenoxy) is 1. The third-order valence-electron chi connectivity index (χ3n) is 3.38. The Morgan fingerprint density at radius 2 is 1.85 bits per heavy atom. The summed E-state index contributed by atoms with van der Waals surface area (Å²) in [5.74, 6) is -0.536. The van der Waals surface area contributed by atoms with Crippen LogP contribution in [0.3, 0.4) is 0 Å². The third kappa shape index (κ3) is 5.45. The minimum absolute atomic E-state index is 0.0105. The second-order valence-electron chi connectivity index (χ2n) is 5.96. The molecule has 0 bridgehead atoms. The van der Waals surface area contributed by atoms with Crippen LogP contribution in [0.15, 0.2) is 30.3 Å². The predicted octanol–water partition coefficient (Wildman–Crippen LogP) is 1.24. The number of aryl methyl sites for hydroxylation is 1. The lowest BCUT2D eigenvalue weighted by Gasteiger charge is -2.12. The first-order chi connectivity index (χ1) is 12.6. The largest absolute Gasteiger partial charge is 0.444 e. The van der Waals surface area contributed by atoms with Crippen molar-refractivity contribution in [1.29, 1.82) is 0 Å². The Labute approximate surface area is 157 Å². The number of hydrogen-bond acceptors (Lipinski definition) is 6. The molecule has 0 aliphatic rings. The molecule has 10 nitrogen and oxygen atoms in total. The number of nitrogens with zero attached hydrogens (tertiary/aromatic N) is 3. The van der Waals surface area contributed by atoms with Crippen LogP contribution in [0, 0.1) is 0 Å². The second-order valence-corrected chi connectivity index (χ2v) is 7.70. The first-order valence-electron chi connectivity index (χ1n) is 7.82. The van der Waals surface area contributed by atoms with Crippen LogP contribution in [0.1, 0.15) is 16.1 Å². The smallest absolute Gasteiger partial charge is 0.413 e. The molecule has 27 heavy (non-hydrogen) atoms. The summed E-state index contributed by atoms with van der Waals surface area (Å²) < 4.78 is 31.9. The van der Waals surface area contributed by atoms with Crippen LogP contribution in [0.5, 0.6) is 0 Å². The molecule has 0 radical (unpaired) electrons. The van der Waals surface area contributed by atoms with Gasteiger partial charge in [-0.25, -0.2) is 17.9 Å². The molecule has 0 saturated heterocycles. The highest BCUT2D eigenvalue weighted by atomic mass is 32.2. The molecule has 0 spiro atoms. The molecule has 0 saturated carbocycles. The number of anilines is 2. The van der Waals surface area contributed by atoms with Crippen molar-refractivity contribution >= 4 is 33.5 Å². The van der Waals surface area contributed by atoms with Gasteiger partial charge in [0.25, 0.3) is 5.91 Å². The number of carbonyl (C=O) groups excluding carboxylic acids is 2. The van der Waals surface area contributed by atoms with Gasteiger partial charge in [-0.1, -0.05) is 30.3 Å². The van der Waals surface area contributed by atoms with Gasteiger partial charge in [0.05, 0.1) is 6.26 Å². The van der Waals surface area contributed by atoms with Crippen LogP contribution in [0.25, 0.3) is 0 Å². The lowest BCUT2D eigenvalue weighted by Crippen LogP contribution is -2.24. The number of aromatic nitrogens is 2. The summed E-state index contributed by atoms with van der Waals surface area (Å²) in [6, 6.07) is 9.05. The van der Waals surface area contributed by atoms with Gasteiger partial charge in [-0.3, -0.25) is 14.8 Å². The van der Waals surface area contributed by atoms with E-state index in [-0.39, 0.29) is 23.8 Å². The predicted molar refractivity (Wildman–Crippen MR) is 99.9 cm³/mol. The van der Waals surface area contributed by atoms with E-state index in [0.29, 0.717) is 0 Å². The fraction of sp³-hybridized carbons (Fsp3) is 0.312. The summed E-state index contributed by atoms with van der Waals surface area (Å²) in [6.45, 7) is 0.0306. The highest BCUT2D eigenvalue weighted by molar-refractivity contribution is 7.92. The monoisotopic (exact) mass is 395 g/mol. The molecule has 11 heteroatoms. The van der Waals surface area contributed by atoms with Crippen molar-refractivity contribution in [3.8, 4) is 0 Å². The molecular formula is C16H21N5O5S. The van der Waals surface area contributed by atoms with E-state index in [0.717, 1.165) is 11.8 Å². The normalized spacial score (nSPS) is 11.0. The van der Waals surface area contributed by atoms with Crippen molar-refractivity contribution in [2.45, 2.75) is 6.61 Å². The van der Waals surface area contributed by atoms with Crippen LogP contribution in [0.4, 0.5) is 16.3 Å². The van der Waals surface area contributed by atoms with E-state index >= 15 is 0 Å². The van der Waals surface area contributed by atoms with E-state index in [1.54, 1.807) is 12.1 Å². The Morgan fingerprint density at radius 3 is 2.41 bits per heavy atom. The van der Waals surface area contributed by atoms with Crippen molar-refractivity contribution in [2.75, 3.05) is 30.4 Å². The Kier molecular flexibility index (Phi) is 6.05. The van der Waals surface area contributed by atoms with E-state index in [4.69, 9.17) is 4.74 Å². The van der Waals surface area contributed by atoms with Crippen molar-refractivity contribution in [1.82, 2.24) is 14.7 Å². The van der Waals surface area contributed by atoms with Crippen molar-refractivity contribution < 1.29 is 22.7 Å². The standard InChI is InChI=1S/C16H21N5O5S/c1-20(2)15(22)13-12(19-27(4,24)25)14(21(3)18-13)17-16(23)26-10-11-8-6-5-7-9-11/h5-9,19H,10H2,1-4H3,(H,17,23). The van der Waals surface area contributed by atoms with Crippen LogP contribution < -0.4 is 10.0 Å².